The molecule has 24 heteroatoms. The van der Waals surface area contributed by atoms with Crippen molar-refractivity contribution < 1.29 is 98.0 Å². The van der Waals surface area contributed by atoms with E-state index in [0.717, 1.165) is 185 Å². The molecule has 12 N–H and O–H groups in total. The number of para-hydroxylation sites is 4. The Labute approximate surface area is 712 Å². The number of benzene rings is 8. The number of halogens is 4. The first-order valence-corrected chi connectivity index (χ1v) is 41.5. The lowest BCUT2D eigenvalue weighted by atomic mass is 9.92. The van der Waals surface area contributed by atoms with E-state index in [1.54, 1.807) is 97.1 Å². The second-order valence-electron chi connectivity index (χ2n) is 32.0. The Morgan fingerprint density at radius 2 is 0.460 bits per heavy atom. The van der Waals surface area contributed by atoms with E-state index < -0.39 is 98.4 Å². The van der Waals surface area contributed by atoms with Crippen LogP contribution in [-0.2, 0) is 19.2 Å². The zero-order valence-electron chi connectivity index (χ0n) is 67.6. The normalized spacial score (nSPS) is 16.0. The summed E-state index contributed by atoms with van der Waals surface area (Å²) in [5, 5.41) is 120. The Bertz CT molecular complexity index is 5210. The number of hydrogen-bond donors (Lipinski definition) is 12. The molecule has 8 aromatic carbocycles. The maximum absolute atomic E-state index is 13.6. The molecule has 4 aliphatic rings. The first kappa shape index (κ1) is 89.4. The monoisotopic (exact) mass is 1680 g/mol. The number of aromatic nitrogens is 4. The van der Waals surface area contributed by atoms with Crippen molar-refractivity contribution in [3.8, 4) is 44.5 Å². The summed E-state index contributed by atoms with van der Waals surface area (Å²) in [6.07, 6.45) is 11.2. The Kier molecular flexibility index (Phi) is 29.7. The first-order valence-electron chi connectivity index (χ1n) is 41.5. The summed E-state index contributed by atoms with van der Waals surface area (Å²) in [7, 11) is 0. The lowest BCUT2D eigenvalue weighted by Gasteiger charge is -2.16. The second-order valence-corrected chi connectivity index (χ2v) is 32.0. The van der Waals surface area contributed by atoms with Gasteiger partial charge in [0.05, 0.1) is 119 Å². The van der Waals surface area contributed by atoms with Gasteiger partial charge in [0.25, 0.3) is 0 Å². The Morgan fingerprint density at radius 1 is 0.282 bits per heavy atom. The zero-order valence-corrected chi connectivity index (χ0v) is 67.6. The summed E-state index contributed by atoms with van der Waals surface area (Å²) in [4.78, 5) is 62.6. The molecule has 0 amide bonds. The van der Waals surface area contributed by atoms with Gasteiger partial charge in [-0.15, -0.1) is 0 Å². The minimum Gasteiger partial charge on any atom is -0.481 e. The smallest absolute Gasteiger partial charge is 0.305 e. The molecule has 0 aliphatic heterocycles. The molecule has 16 rings (SSSR count). The van der Waals surface area contributed by atoms with E-state index in [2.05, 4.69) is 0 Å². The van der Waals surface area contributed by atoms with E-state index in [1.807, 2.05) is 97.1 Å². The highest BCUT2D eigenvalue weighted by Crippen LogP contribution is 2.50. The van der Waals surface area contributed by atoms with Crippen LogP contribution in [0, 0.1) is 23.3 Å². The summed E-state index contributed by atoms with van der Waals surface area (Å²) < 4.78 is 54.3. The van der Waals surface area contributed by atoms with Crippen LogP contribution in [0.15, 0.2) is 218 Å². The van der Waals surface area contributed by atoms with Crippen LogP contribution < -0.4 is 0 Å². The van der Waals surface area contributed by atoms with Crippen molar-refractivity contribution in [2.45, 2.75) is 175 Å². The van der Waals surface area contributed by atoms with E-state index in [1.165, 1.54) is 48.5 Å². The van der Waals surface area contributed by atoms with Gasteiger partial charge in [-0.3, -0.25) is 39.1 Å². The topological polar surface area (TPSA) is 363 Å². The van der Waals surface area contributed by atoms with E-state index in [0.29, 0.717) is 23.7 Å². The number of aliphatic hydroxyl groups excluding tert-OH is 8. The Morgan fingerprint density at radius 3 is 0.629 bits per heavy atom. The molecule has 8 atom stereocenters. The second kappa shape index (κ2) is 41.2. The molecule has 4 aromatic heterocycles. The minimum absolute atomic E-state index is 0.0749. The van der Waals surface area contributed by atoms with Crippen molar-refractivity contribution in [2.75, 3.05) is 0 Å². The third kappa shape index (κ3) is 24.1. The predicted octanol–water partition coefficient (Wildman–Crippen LogP) is 18.1. The highest BCUT2D eigenvalue weighted by Gasteiger charge is 2.34. The van der Waals surface area contributed by atoms with Crippen LogP contribution in [0.25, 0.3) is 112 Å². The highest BCUT2D eigenvalue weighted by molar-refractivity contribution is 6.03. The molecule has 124 heavy (non-hydrogen) atoms. The fourth-order valence-corrected chi connectivity index (χ4v) is 15.4. The van der Waals surface area contributed by atoms with E-state index in [-0.39, 0.29) is 49.0 Å². The summed E-state index contributed by atoms with van der Waals surface area (Å²) in [5.74, 6) is -4.39. The lowest BCUT2D eigenvalue weighted by molar-refractivity contribution is -0.140. The SMILES string of the molecule is O=C(O)C[C@H](O)C[C@H](O)/C=C/c1c(C2CC2)nc2ccccc2c1-c1ccc(F)cc1.O=C(O)C[C@H](O)C[C@H](O)/C=C/c1c(C2CC2)nc2ccccc2c1-c1ccc(F)cc1.O=C(O)C[C@H](O)C[C@H](O)/C=C/c1c(C2CC2)nc2ccccc2c1-c1ccc(F)cc1.O=C(O)C[C@H](O)C[C@H](O)/C=C/c1c(C2CC2)nc2ccccc2c1-c1ccc(F)cc1. The van der Waals surface area contributed by atoms with Gasteiger partial charge in [-0.05, 0) is 146 Å². The molecule has 0 spiro atoms. The van der Waals surface area contributed by atoms with Crippen LogP contribution in [0.3, 0.4) is 0 Å². The van der Waals surface area contributed by atoms with Gasteiger partial charge in [-0.25, -0.2) is 17.6 Å². The quantitative estimate of drug-likeness (QED) is 0.0174. The minimum atomic E-state index is -1.13. The van der Waals surface area contributed by atoms with Crippen molar-refractivity contribution in [2.24, 2.45) is 0 Å². The van der Waals surface area contributed by atoms with Gasteiger partial charge < -0.3 is 61.3 Å². The van der Waals surface area contributed by atoms with Crippen LogP contribution in [-0.4, -0.2) is 154 Å². The standard InChI is InChI=1S/4C25H24FNO4/c4*26-17-9-7-15(8-10-17)24-20-3-1-2-4-22(20)27-25(16-5-6-16)21(24)12-11-18(28)13-19(29)14-23(30)31/h4*1-4,7-12,16,18-19,28-29H,5-6,13-14H2,(H,30,31)/b4*12-11+/t4*18-,19-/m1111/s1. The van der Waals surface area contributed by atoms with Gasteiger partial charge in [-0.2, -0.15) is 0 Å². The van der Waals surface area contributed by atoms with E-state index >= 15 is 0 Å². The summed E-state index contributed by atoms with van der Waals surface area (Å²) in [6.45, 7) is 0. The fourth-order valence-electron chi connectivity index (χ4n) is 15.4. The van der Waals surface area contributed by atoms with E-state index in [4.69, 9.17) is 40.4 Å². The number of carboxylic acids is 4. The zero-order chi connectivity index (χ0) is 87.8. The van der Waals surface area contributed by atoms with Crippen LogP contribution >= 0.6 is 0 Å². The summed E-state index contributed by atoms with van der Waals surface area (Å²) >= 11 is 0. The molecule has 4 aliphatic carbocycles. The van der Waals surface area contributed by atoms with Crippen molar-refractivity contribution in [3.05, 3.63) is 287 Å². The van der Waals surface area contributed by atoms with Gasteiger partial charge >= 0.3 is 23.9 Å². The number of rotatable bonds is 32. The number of aliphatic hydroxyl groups is 8. The third-order valence-electron chi connectivity index (χ3n) is 21.9. The molecular formula is C100H96F4N4O16. The Balaban J connectivity index is 0.000000142. The maximum atomic E-state index is 13.6. The van der Waals surface area contributed by atoms with Crippen molar-refractivity contribution in [1.29, 1.82) is 0 Å². The molecule has 0 bridgehead atoms. The number of nitrogens with zero attached hydrogens (tertiary/aromatic N) is 4. The first-order chi connectivity index (χ1) is 59.7. The molecule has 4 fully saturated rings. The van der Waals surface area contributed by atoms with Gasteiger partial charge in [0, 0.05) is 115 Å². The van der Waals surface area contributed by atoms with Crippen LogP contribution in [0.1, 0.15) is 171 Å². The average Bonchev–Trinajstić information content (AvgIpc) is 1.35. The average molecular weight is 1690 g/mol. The van der Waals surface area contributed by atoms with Crippen molar-refractivity contribution >= 4 is 91.8 Å². The molecule has 0 saturated heterocycles. The van der Waals surface area contributed by atoms with Gasteiger partial charge in [0.2, 0.25) is 0 Å². The van der Waals surface area contributed by atoms with Crippen LogP contribution in [0.5, 0.6) is 0 Å². The number of carboxylic acid groups (broad SMARTS) is 4. The molecule has 0 unspecified atom stereocenters. The number of aliphatic carboxylic acids is 4. The maximum Gasteiger partial charge on any atom is 0.305 e. The number of fused-ring (bicyclic) bond motifs is 4. The molecule has 4 saturated carbocycles. The van der Waals surface area contributed by atoms with Crippen LogP contribution in [0.2, 0.25) is 0 Å². The molecule has 640 valence electrons. The van der Waals surface area contributed by atoms with Gasteiger partial charge in [0.1, 0.15) is 23.3 Å². The molecule has 20 nitrogen and oxygen atoms in total. The predicted molar refractivity (Wildman–Crippen MR) is 468 cm³/mol. The molecule has 4 heterocycles. The van der Waals surface area contributed by atoms with Gasteiger partial charge in [-0.1, -0.05) is 170 Å². The van der Waals surface area contributed by atoms with Crippen molar-refractivity contribution in [3.63, 3.8) is 0 Å². The summed E-state index contributed by atoms with van der Waals surface area (Å²) in [5.41, 5.74) is 17.7. The molecule has 0 radical (unpaired) electrons. The third-order valence-corrected chi connectivity index (χ3v) is 21.9. The van der Waals surface area contributed by atoms with Gasteiger partial charge in [0.15, 0.2) is 0 Å². The summed E-state index contributed by atoms with van der Waals surface area (Å²) in [6, 6.07) is 56.4. The van der Waals surface area contributed by atoms with E-state index in [9.17, 15) is 77.6 Å². The molecular weight excluding hydrogens is 1590 g/mol. The molecule has 12 aromatic rings. The number of hydrogen-bond acceptors (Lipinski definition) is 16. The lowest BCUT2D eigenvalue weighted by Crippen LogP contribution is -2.19. The van der Waals surface area contributed by atoms with Crippen LogP contribution in [0.4, 0.5) is 17.6 Å². The number of pyridine rings is 4. The largest absolute Gasteiger partial charge is 0.481 e. The fraction of sp³-hybridized carbons (Fsp3) is 0.280. The Hall–Kier alpha value is -12.4. The van der Waals surface area contributed by atoms with Crippen molar-refractivity contribution in [1.82, 2.24) is 19.9 Å². The number of carbonyl (C=O) groups is 4. The highest BCUT2D eigenvalue weighted by atomic mass is 19.1.